The van der Waals surface area contributed by atoms with E-state index in [1.54, 1.807) is 6.92 Å². The lowest BCUT2D eigenvalue weighted by Crippen LogP contribution is -2.18. The van der Waals surface area contributed by atoms with Crippen LogP contribution in [0.2, 0.25) is 0 Å². The van der Waals surface area contributed by atoms with Gasteiger partial charge in [-0.25, -0.2) is 8.42 Å². The third-order valence-electron chi connectivity index (χ3n) is 4.57. The van der Waals surface area contributed by atoms with Gasteiger partial charge in [-0.05, 0) is 55.6 Å². The molecule has 1 aromatic carbocycles. The van der Waals surface area contributed by atoms with E-state index in [2.05, 4.69) is 28.2 Å². The van der Waals surface area contributed by atoms with Gasteiger partial charge in [0.15, 0.2) is 0 Å². The van der Waals surface area contributed by atoms with Gasteiger partial charge in [0.2, 0.25) is 0 Å². The van der Waals surface area contributed by atoms with Crippen molar-refractivity contribution in [3.05, 3.63) is 35.5 Å². The number of benzene rings is 1. The van der Waals surface area contributed by atoms with Crippen molar-refractivity contribution < 1.29 is 8.42 Å². The predicted octanol–water partition coefficient (Wildman–Crippen LogP) is 2.74. The highest BCUT2D eigenvalue weighted by atomic mass is 32.2. The molecule has 0 spiro atoms. The van der Waals surface area contributed by atoms with Gasteiger partial charge in [-0.15, -0.1) is 0 Å². The molecule has 0 amide bonds. The van der Waals surface area contributed by atoms with E-state index in [1.807, 2.05) is 6.07 Å². The molecule has 5 heteroatoms. The second-order valence-electron chi connectivity index (χ2n) is 6.16. The molecule has 1 N–H and O–H groups in total. The Morgan fingerprint density at radius 3 is 2.73 bits per heavy atom. The molecule has 0 atom stereocenters. The monoisotopic (exact) mass is 320 g/mol. The van der Waals surface area contributed by atoms with E-state index >= 15 is 0 Å². The molecule has 1 saturated heterocycles. The van der Waals surface area contributed by atoms with Gasteiger partial charge in [0.1, 0.15) is 9.84 Å². The highest BCUT2D eigenvalue weighted by molar-refractivity contribution is 7.91. The first-order valence-electron chi connectivity index (χ1n) is 8.09. The summed E-state index contributed by atoms with van der Waals surface area (Å²) in [4.78, 5) is 5.81. The topological polar surface area (TPSA) is 53.2 Å². The number of nitrogens with one attached hydrogen (secondary N) is 1. The second-order valence-corrected chi connectivity index (χ2v) is 8.64. The van der Waals surface area contributed by atoms with Gasteiger partial charge in [0.25, 0.3) is 0 Å². The van der Waals surface area contributed by atoms with Crippen LogP contribution in [0.5, 0.6) is 0 Å². The van der Waals surface area contributed by atoms with Crippen LogP contribution in [0.15, 0.2) is 24.4 Å². The molecule has 2 aromatic rings. The molecule has 1 aromatic heterocycles. The first-order valence-corrected chi connectivity index (χ1v) is 9.91. The third-order valence-corrected chi connectivity index (χ3v) is 6.27. The number of hydrogen-bond acceptors (Lipinski definition) is 3. The molecule has 4 nitrogen and oxygen atoms in total. The van der Waals surface area contributed by atoms with Crippen LogP contribution in [-0.2, 0) is 22.8 Å². The van der Waals surface area contributed by atoms with Crippen LogP contribution < -0.4 is 0 Å². The van der Waals surface area contributed by atoms with E-state index < -0.39 is 9.84 Å². The SMILES string of the molecule is CCS(=O)(=O)CCc1ccc2[nH]cc(CN3CCCC3)c2c1. The zero-order valence-electron chi connectivity index (χ0n) is 13.1. The number of fused-ring (bicyclic) bond motifs is 1. The highest BCUT2D eigenvalue weighted by Gasteiger charge is 2.14. The van der Waals surface area contributed by atoms with Crippen LogP contribution in [0.4, 0.5) is 0 Å². The maximum atomic E-state index is 11.7. The lowest BCUT2D eigenvalue weighted by atomic mass is 10.1. The summed E-state index contributed by atoms with van der Waals surface area (Å²) in [5, 5.41) is 1.23. The zero-order chi connectivity index (χ0) is 15.6. The number of H-pyrrole nitrogens is 1. The van der Waals surface area contributed by atoms with Crippen molar-refractivity contribution in [3.63, 3.8) is 0 Å². The highest BCUT2D eigenvalue weighted by Crippen LogP contribution is 2.23. The van der Waals surface area contributed by atoms with Crippen molar-refractivity contribution in [2.45, 2.75) is 32.7 Å². The van der Waals surface area contributed by atoms with Crippen molar-refractivity contribution in [1.29, 1.82) is 0 Å². The maximum absolute atomic E-state index is 11.7. The Balaban J connectivity index is 1.78. The normalized spacial score (nSPS) is 16.6. The van der Waals surface area contributed by atoms with Gasteiger partial charge in [-0.1, -0.05) is 13.0 Å². The van der Waals surface area contributed by atoms with Crippen LogP contribution in [0.3, 0.4) is 0 Å². The molecule has 3 rings (SSSR count). The van der Waals surface area contributed by atoms with E-state index in [-0.39, 0.29) is 11.5 Å². The smallest absolute Gasteiger partial charge is 0.150 e. The Morgan fingerprint density at radius 1 is 1.23 bits per heavy atom. The second kappa shape index (κ2) is 6.42. The van der Waals surface area contributed by atoms with Crippen LogP contribution in [0.25, 0.3) is 10.9 Å². The first-order chi connectivity index (χ1) is 10.6. The molecular weight excluding hydrogens is 296 g/mol. The molecule has 2 heterocycles. The summed E-state index contributed by atoms with van der Waals surface area (Å²) in [6, 6.07) is 6.25. The molecule has 120 valence electrons. The van der Waals surface area contributed by atoms with Crippen LogP contribution in [0.1, 0.15) is 30.9 Å². The quantitative estimate of drug-likeness (QED) is 0.890. The first kappa shape index (κ1) is 15.6. The van der Waals surface area contributed by atoms with Gasteiger partial charge >= 0.3 is 0 Å². The maximum Gasteiger partial charge on any atom is 0.150 e. The summed E-state index contributed by atoms with van der Waals surface area (Å²) in [7, 11) is -2.90. The Hall–Kier alpha value is -1.33. The molecule has 1 fully saturated rings. The Morgan fingerprint density at radius 2 is 2.00 bits per heavy atom. The Bertz CT molecular complexity index is 743. The molecule has 0 saturated carbocycles. The van der Waals surface area contributed by atoms with Crippen molar-refractivity contribution in [3.8, 4) is 0 Å². The predicted molar refractivity (Wildman–Crippen MR) is 90.8 cm³/mol. The number of likely N-dealkylation sites (tertiary alicyclic amines) is 1. The van der Waals surface area contributed by atoms with Gasteiger partial charge in [-0.3, -0.25) is 4.90 Å². The summed E-state index contributed by atoms with van der Waals surface area (Å²) in [6.45, 7) is 5.05. The number of sulfone groups is 1. The van der Waals surface area contributed by atoms with E-state index in [1.165, 1.54) is 36.9 Å². The summed E-state index contributed by atoms with van der Waals surface area (Å²) >= 11 is 0. The van der Waals surface area contributed by atoms with Crippen molar-refractivity contribution >= 4 is 20.7 Å². The van der Waals surface area contributed by atoms with Crippen molar-refractivity contribution in [1.82, 2.24) is 9.88 Å². The molecule has 0 unspecified atom stereocenters. The number of aryl methyl sites for hydroxylation is 1. The fraction of sp³-hybridized carbons (Fsp3) is 0.529. The minimum absolute atomic E-state index is 0.222. The lowest BCUT2D eigenvalue weighted by molar-refractivity contribution is 0.332. The fourth-order valence-electron chi connectivity index (χ4n) is 3.11. The standard InChI is InChI=1S/C17H24N2O2S/c1-2-22(20,21)10-7-14-5-6-17-16(11-14)15(12-18-17)13-19-8-3-4-9-19/h5-6,11-12,18H,2-4,7-10,13H2,1H3. The summed E-state index contributed by atoms with van der Waals surface area (Å²) in [5.74, 6) is 0.459. The van der Waals surface area contributed by atoms with Crippen LogP contribution in [0, 0.1) is 0 Å². The molecule has 1 aliphatic heterocycles. The summed E-state index contributed by atoms with van der Waals surface area (Å²) in [5.41, 5.74) is 3.56. The van der Waals surface area contributed by atoms with Gasteiger partial charge in [0.05, 0.1) is 5.75 Å². The van der Waals surface area contributed by atoms with E-state index in [0.29, 0.717) is 6.42 Å². The molecule has 0 aliphatic carbocycles. The number of nitrogens with zero attached hydrogens (tertiary/aromatic N) is 1. The minimum Gasteiger partial charge on any atom is -0.361 e. The number of hydrogen-bond donors (Lipinski definition) is 1. The molecule has 0 radical (unpaired) electrons. The van der Waals surface area contributed by atoms with Gasteiger partial charge in [0, 0.05) is 29.4 Å². The number of aromatic nitrogens is 1. The minimum atomic E-state index is -2.90. The Labute approximate surface area is 132 Å². The molecule has 22 heavy (non-hydrogen) atoms. The van der Waals surface area contributed by atoms with Gasteiger partial charge in [-0.2, -0.15) is 0 Å². The van der Waals surface area contributed by atoms with Crippen molar-refractivity contribution in [2.75, 3.05) is 24.6 Å². The van der Waals surface area contributed by atoms with Crippen LogP contribution >= 0.6 is 0 Å². The third kappa shape index (κ3) is 3.52. The van der Waals surface area contributed by atoms with E-state index in [9.17, 15) is 8.42 Å². The zero-order valence-corrected chi connectivity index (χ0v) is 14.0. The molecule has 1 aliphatic rings. The fourth-order valence-corrected chi connectivity index (χ4v) is 3.95. The molecule has 0 bridgehead atoms. The summed E-state index contributed by atoms with van der Waals surface area (Å²) < 4.78 is 23.3. The largest absolute Gasteiger partial charge is 0.361 e. The van der Waals surface area contributed by atoms with E-state index in [4.69, 9.17) is 0 Å². The average Bonchev–Trinajstić information content (AvgIpc) is 3.16. The summed E-state index contributed by atoms with van der Waals surface area (Å²) in [6.07, 6.45) is 5.28. The number of rotatable bonds is 6. The van der Waals surface area contributed by atoms with Gasteiger partial charge < -0.3 is 4.98 Å². The van der Waals surface area contributed by atoms with E-state index in [0.717, 1.165) is 17.6 Å². The molecular formula is C17H24N2O2S. The number of aromatic amines is 1. The average molecular weight is 320 g/mol. The van der Waals surface area contributed by atoms with Crippen LogP contribution in [-0.4, -0.2) is 42.9 Å². The Kier molecular flexibility index (Phi) is 4.54. The van der Waals surface area contributed by atoms with Crippen molar-refractivity contribution in [2.24, 2.45) is 0 Å². The lowest BCUT2D eigenvalue weighted by Gasteiger charge is -2.13.